The fourth-order valence-corrected chi connectivity index (χ4v) is 3.06. The fourth-order valence-electron chi connectivity index (χ4n) is 3.06. The SMILES string of the molecule is CCC1CCCC1NCCc1cccc(C)c1. The van der Waals surface area contributed by atoms with E-state index in [2.05, 4.69) is 43.4 Å². The molecule has 1 nitrogen and oxygen atoms in total. The van der Waals surface area contributed by atoms with Gasteiger partial charge < -0.3 is 5.32 Å². The third kappa shape index (κ3) is 3.57. The van der Waals surface area contributed by atoms with Crippen molar-refractivity contribution in [2.45, 2.75) is 52.0 Å². The molecular formula is C16H25N. The number of rotatable bonds is 5. The highest BCUT2D eigenvalue weighted by Crippen LogP contribution is 2.27. The van der Waals surface area contributed by atoms with Crippen LogP contribution in [0.2, 0.25) is 0 Å². The van der Waals surface area contributed by atoms with Crippen LogP contribution in [-0.2, 0) is 6.42 Å². The maximum absolute atomic E-state index is 3.75. The van der Waals surface area contributed by atoms with E-state index >= 15 is 0 Å². The van der Waals surface area contributed by atoms with Crippen molar-refractivity contribution in [1.82, 2.24) is 5.32 Å². The van der Waals surface area contributed by atoms with Crippen molar-refractivity contribution >= 4 is 0 Å². The first-order chi connectivity index (χ1) is 8.29. The summed E-state index contributed by atoms with van der Waals surface area (Å²) >= 11 is 0. The monoisotopic (exact) mass is 231 g/mol. The van der Waals surface area contributed by atoms with E-state index in [0.717, 1.165) is 24.9 Å². The van der Waals surface area contributed by atoms with Gasteiger partial charge >= 0.3 is 0 Å². The minimum atomic E-state index is 0.782. The topological polar surface area (TPSA) is 12.0 Å². The second-order valence-electron chi connectivity index (χ2n) is 5.40. The van der Waals surface area contributed by atoms with Gasteiger partial charge in [-0.25, -0.2) is 0 Å². The molecule has 17 heavy (non-hydrogen) atoms. The van der Waals surface area contributed by atoms with Crippen molar-refractivity contribution in [1.29, 1.82) is 0 Å². The van der Waals surface area contributed by atoms with E-state index in [4.69, 9.17) is 0 Å². The molecule has 1 fully saturated rings. The van der Waals surface area contributed by atoms with Gasteiger partial charge in [-0.2, -0.15) is 0 Å². The van der Waals surface area contributed by atoms with Gasteiger partial charge in [-0.1, -0.05) is 49.6 Å². The Morgan fingerprint density at radius 2 is 2.18 bits per heavy atom. The molecule has 2 atom stereocenters. The summed E-state index contributed by atoms with van der Waals surface area (Å²) in [5.74, 6) is 0.924. The Kier molecular flexibility index (Phi) is 4.61. The Balaban J connectivity index is 1.76. The number of nitrogens with one attached hydrogen (secondary N) is 1. The van der Waals surface area contributed by atoms with Gasteiger partial charge in [-0.05, 0) is 44.2 Å². The van der Waals surface area contributed by atoms with Gasteiger partial charge in [0, 0.05) is 6.04 Å². The molecule has 0 radical (unpaired) electrons. The lowest BCUT2D eigenvalue weighted by molar-refractivity contribution is 0.393. The first kappa shape index (κ1) is 12.6. The summed E-state index contributed by atoms with van der Waals surface area (Å²) in [5.41, 5.74) is 2.83. The van der Waals surface area contributed by atoms with E-state index in [0.29, 0.717) is 0 Å². The molecule has 2 unspecified atom stereocenters. The van der Waals surface area contributed by atoms with Crippen LogP contribution in [0.4, 0.5) is 0 Å². The quantitative estimate of drug-likeness (QED) is 0.814. The normalized spacial score (nSPS) is 24.1. The number of hydrogen-bond donors (Lipinski definition) is 1. The number of benzene rings is 1. The van der Waals surface area contributed by atoms with Gasteiger partial charge in [0.25, 0.3) is 0 Å². The highest BCUT2D eigenvalue weighted by molar-refractivity contribution is 5.22. The Labute approximate surface area is 106 Å². The molecule has 1 saturated carbocycles. The smallest absolute Gasteiger partial charge is 0.00953 e. The molecule has 1 aromatic carbocycles. The minimum Gasteiger partial charge on any atom is -0.313 e. The molecule has 2 rings (SSSR count). The largest absolute Gasteiger partial charge is 0.313 e. The molecule has 0 heterocycles. The third-order valence-corrected chi connectivity index (χ3v) is 4.09. The molecule has 1 aliphatic rings. The first-order valence-electron chi connectivity index (χ1n) is 7.08. The van der Waals surface area contributed by atoms with E-state index in [1.165, 1.54) is 36.8 Å². The Morgan fingerprint density at radius 3 is 2.94 bits per heavy atom. The molecule has 0 saturated heterocycles. The average molecular weight is 231 g/mol. The molecule has 0 aromatic heterocycles. The van der Waals surface area contributed by atoms with Gasteiger partial charge in [0.2, 0.25) is 0 Å². The van der Waals surface area contributed by atoms with Crippen molar-refractivity contribution in [3.8, 4) is 0 Å². The maximum Gasteiger partial charge on any atom is 0.00953 e. The van der Waals surface area contributed by atoms with Gasteiger partial charge in [-0.15, -0.1) is 0 Å². The summed E-state index contributed by atoms with van der Waals surface area (Å²) in [4.78, 5) is 0. The lowest BCUT2D eigenvalue weighted by Gasteiger charge is -2.19. The van der Waals surface area contributed by atoms with Crippen LogP contribution in [0.1, 0.15) is 43.7 Å². The zero-order valence-electron chi connectivity index (χ0n) is 11.2. The summed E-state index contributed by atoms with van der Waals surface area (Å²) in [6, 6.07) is 9.65. The summed E-state index contributed by atoms with van der Waals surface area (Å²) in [6.45, 7) is 5.62. The van der Waals surface area contributed by atoms with Crippen molar-refractivity contribution in [2.75, 3.05) is 6.54 Å². The Bertz CT molecular complexity index is 345. The van der Waals surface area contributed by atoms with Crippen molar-refractivity contribution < 1.29 is 0 Å². The van der Waals surface area contributed by atoms with Gasteiger partial charge in [0.05, 0.1) is 0 Å². The van der Waals surface area contributed by atoms with Gasteiger partial charge in [-0.3, -0.25) is 0 Å². The van der Waals surface area contributed by atoms with E-state index in [9.17, 15) is 0 Å². The molecule has 1 heteroatoms. The maximum atomic E-state index is 3.75. The van der Waals surface area contributed by atoms with E-state index in [1.807, 2.05) is 0 Å². The van der Waals surface area contributed by atoms with Crippen LogP contribution in [0.15, 0.2) is 24.3 Å². The lowest BCUT2D eigenvalue weighted by Crippen LogP contribution is -2.33. The Hall–Kier alpha value is -0.820. The highest BCUT2D eigenvalue weighted by Gasteiger charge is 2.24. The molecular weight excluding hydrogens is 206 g/mol. The van der Waals surface area contributed by atoms with Crippen LogP contribution in [0.3, 0.4) is 0 Å². The predicted octanol–water partition coefficient (Wildman–Crippen LogP) is 3.71. The van der Waals surface area contributed by atoms with Gasteiger partial charge in [0.15, 0.2) is 0 Å². The van der Waals surface area contributed by atoms with Crippen LogP contribution >= 0.6 is 0 Å². The van der Waals surface area contributed by atoms with E-state index < -0.39 is 0 Å². The summed E-state index contributed by atoms with van der Waals surface area (Å²) in [5, 5.41) is 3.75. The predicted molar refractivity (Wildman–Crippen MR) is 74.3 cm³/mol. The molecule has 1 aromatic rings. The molecule has 0 aliphatic heterocycles. The van der Waals surface area contributed by atoms with Crippen molar-refractivity contribution in [3.63, 3.8) is 0 Å². The van der Waals surface area contributed by atoms with E-state index in [-0.39, 0.29) is 0 Å². The highest BCUT2D eigenvalue weighted by atomic mass is 14.9. The minimum absolute atomic E-state index is 0.782. The van der Waals surface area contributed by atoms with Crippen LogP contribution in [-0.4, -0.2) is 12.6 Å². The molecule has 0 bridgehead atoms. The zero-order chi connectivity index (χ0) is 12.1. The standard InChI is InChI=1S/C16H25N/c1-3-15-8-5-9-16(15)17-11-10-14-7-4-6-13(2)12-14/h4,6-7,12,15-17H,3,5,8-11H2,1-2H3. The van der Waals surface area contributed by atoms with Gasteiger partial charge in [0.1, 0.15) is 0 Å². The van der Waals surface area contributed by atoms with Crippen molar-refractivity contribution in [3.05, 3.63) is 35.4 Å². The molecule has 0 amide bonds. The van der Waals surface area contributed by atoms with Crippen molar-refractivity contribution in [2.24, 2.45) is 5.92 Å². The second-order valence-corrected chi connectivity index (χ2v) is 5.40. The second kappa shape index (κ2) is 6.20. The lowest BCUT2D eigenvalue weighted by atomic mass is 10.0. The first-order valence-corrected chi connectivity index (χ1v) is 7.08. The number of hydrogen-bond acceptors (Lipinski definition) is 1. The van der Waals surface area contributed by atoms with Crippen LogP contribution in [0.5, 0.6) is 0 Å². The zero-order valence-corrected chi connectivity index (χ0v) is 11.2. The summed E-state index contributed by atoms with van der Waals surface area (Å²) in [6.07, 6.45) is 6.72. The Morgan fingerprint density at radius 1 is 1.29 bits per heavy atom. The summed E-state index contributed by atoms with van der Waals surface area (Å²) in [7, 11) is 0. The summed E-state index contributed by atoms with van der Waals surface area (Å²) < 4.78 is 0. The number of aryl methyl sites for hydroxylation is 1. The molecule has 94 valence electrons. The average Bonchev–Trinajstić information content (AvgIpc) is 2.77. The molecule has 1 aliphatic carbocycles. The molecule has 0 spiro atoms. The fraction of sp³-hybridized carbons (Fsp3) is 0.625. The van der Waals surface area contributed by atoms with E-state index in [1.54, 1.807) is 0 Å². The third-order valence-electron chi connectivity index (χ3n) is 4.09. The molecule has 1 N–H and O–H groups in total. The van der Waals surface area contributed by atoms with Crippen LogP contribution < -0.4 is 5.32 Å². The van der Waals surface area contributed by atoms with Crippen LogP contribution in [0, 0.1) is 12.8 Å². The van der Waals surface area contributed by atoms with Crippen LogP contribution in [0.25, 0.3) is 0 Å².